The van der Waals surface area contributed by atoms with E-state index in [1.165, 1.54) is 6.08 Å². The van der Waals surface area contributed by atoms with Gasteiger partial charge in [0.15, 0.2) is 5.65 Å². The van der Waals surface area contributed by atoms with Crippen molar-refractivity contribution in [2.24, 2.45) is 0 Å². The fourth-order valence-electron chi connectivity index (χ4n) is 1.30. The number of H-pyrrole nitrogens is 1. The zero-order valence-corrected chi connectivity index (χ0v) is 8.06. The molecule has 0 saturated carbocycles. The normalized spacial score (nSPS) is 11.3. The highest BCUT2D eigenvalue weighted by atomic mass is 16.4. The average Bonchev–Trinajstić information content (AvgIpc) is 2.53. The van der Waals surface area contributed by atoms with E-state index in [2.05, 4.69) is 15.0 Å². The first kappa shape index (κ1) is 9.39. The van der Waals surface area contributed by atoms with Gasteiger partial charge in [-0.3, -0.25) is 0 Å². The minimum Gasteiger partial charge on any atom is -0.478 e. The second-order valence-electron chi connectivity index (χ2n) is 3.13. The zero-order valence-electron chi connectivity index (χ0n) is 8.06. The molecule has 2 aromatic heterocycles. The van der Waals surface area contributed by atoms with Crippen LogP contribution in [-0.4, -0.2) is 26.0 Å². The number of aromatic amines is 1. The number of carboxylic acid groups (broad SMARTS) is 1. The number of aliphatic carboxylic acids is 1. The van der Waals surface area contributed by atoms with Crippen molar-refractivity contribution in [1.82, 2.24) is 15.0 Å². The molecule has 5 nitrogen and oxygen atoms in total. The molecule has 0 unspecified atom stereocenters. The smallest absolute Gasteiger partial charge is 0.328 e. The number of aryl methyl sites for hydroxylation is 1. The second-order valence-corrected chi connectivity index (χ2v) is 3.13. The second kappa shape index (κ2) is 3.53. The topological polar surface area (TPSA) is 78.9 Å². The Labute approximate surface area is 85.5 Å². The van der Waals surface area contributed by atoms with E-state index in [1.54, 1.807) is 6.20 Å². The molecule has 5 heteroatoms. The molecule has 2 heterocycles. The minimum absolute atomic E-state index is 0.639. The average molecular weight is 203 g/mol. The Hall–Kier alpha value is -2.17. The SMILES string of the molecule is Cc1nc2ncc(/C=C/C(=O)O)cc2[nH]1. The van der Waals surface area contributed by atoms with Gasteiger partial charge in [0.25, 0.3) is 0 Å². The molecular formula is C10H9N3O2. The number of nitrogens with one attached hydrogen (secondary N) is 1. The Morgan fingerprint density at radius 1 is 1.60 bits per heavy atom. The lowest BCUT2D eigenvalue weighted by Crippen LogP contribution is -1.86. The van der Waals surface area contributed by atoms with Crippen LogP contribution in [0.5, 0.6) is 0 Å². The minimum atomic E-state index is -0.976. The summed E-state index contributed by atoms with van der Waals surface area (Å²) >= 11 is 0. The third-order valence-electron chi connectivity index (χ3n) is 1.90. The molecule has 0 aliphatic heterocycles. The number of aromatic nitrogens is 3. The van der Waals surface area contributed by atoms with E-state index in [0.29, 0.717) is 5.65 Å². The third-order valence-corrected chi connectivity index (χ3v) is 1.90. The molecule has 0 aliphatic carbocycles. The molecule has 0 atom stereocenters. The van der Waals surface area contributed by atoms with Crippen molar-refractivity contribution >= 4 is 23.2 Å². The van der Waals surface area contributed by atoms with Gasteiger partial charge in [-0.1, -0.05) is 0 Å². The van der Waals surface area contributed by atoms with E-state index in [4.69, 9.17) is 5.11 Å². The molecule has 2 rings (SSSR count). The van der Waals surface area contributed by atoms with Crippen LogP contribution in [0.25, 0.3) is 17.2 Å². The highest BCUT2D eigenvalue weighted by Crippen LogP contribution is 2.11. The molecule has 2 aromatic rings. The van der Waals surface area contributed by atoms with Gasteiger partial charge in [0, 0.05) is 12.3 Å². The Bertz CT molecular complexity index is 543. The number of pyridine rings is 1. The first-order chi connectivity index (χ1) is 7.15. The predicted molar refractivity (Wildman–Crippen MR) is 55.3 cm³/mol. The zero-order chi connectivity index (χ0) is 10.8. The van der Waals surface area contributed by atoms with E-state index in [-0.39, 0.29) is 0 Å². The van der Waals surface area contributed by atoms with Crippen LogP contribution >= 0.6 is 0 Å². The molecular weight excluding hydrogens is 194 g/mol. The predicted octanol–water partition coefficient (Wildman–Crippen LogP) is 1.36. The molecule has 0 radical (unpaired) electrons. The fraction of sp³-hybridized carbons (Fsp3) is 0.100. The van der Waals surface area contributed by atoms with Crippen molar-refractivity contribution < 1.29 is 9.90 Å². The van der Waals surface area contributed by atoms with Crippen molar-refractivity contribution in [3.8, 4) is 0 Å². The standard InChI is InChI=1S/C10H9N3O2/c1-6-12-8-4-7(2-3-9(14)15)5-11-10(8)13-6/h2-5H,1H3,(H,14,15)(H,11,12,13)/b3-2+. The van der Waals surface area contributed by atoms with Crippen molar-refractivity contribution in [1.29, 1.82) is 0 Å². The number of imidazole rings is 1. The van der Waals surface area contributed by atoms with Crippen LogP contribution in [0.15, 0.2) is 18.3 Å². The summed E-state index contributed by atoms with van der Waals surface area (Å²) in [5, 5.41) is 8.46. The largest absolute Gasteiger partial charge is 0.478 e. The molecule has 0 aromatic carbocycles. The summed E-state index contributed by atoms with van der Waals surface area (Å²) in [6.07, 6.45) is 4.15. The maximum atomic E-state index is 10.3. The van der Waals surface area contributed by atoms with Gasteiger partial charge in [0.1, 0.15) is 5.82 Å². The lowest BCUT2D eigenvalue weighted by Gasteiger charge is -1.91. The monoisotopic (exact) mass is 203 g/mol. The summed E-state index contributed by atoms with van der Waals surface area (Å²) in [4.78, 5) is 21.6. The number of fused-ring (bicyclic) bond motifs is 1. The molecule has 0 saturated heterocycles. The fourth-order valence-corrected chi connectivity index (χ4v) is 1.30. The van der Waals surface area contributed by atoms with Gasteiger partial charge in [0.05, 0.1) is 5.52 Å². The highest BCUT2D eigenvalue weighted by molar-refractivity contribution is 5.86. The van der Waals surface area contributed by atoms with Gasteiger partial charge in [-0.05, 0) is 24.6 Å². The van der Waals surface area contributed by atoms with Gasteiger partial charge in [-0.2, -0.15) is 0 Å². The Morgan fingerprint density at radius 3 is 3.13 bits per heavy atom. The lowest BCUT2D eigenvalue weighted by atomic mass is 10.2. The molecule has 0 amide bonds. The molecule has 0 aliphatic rings. The van der Waals surface area contributed by atoms with Crippen molar-refractivity contribution in [3.05, 3.63) is 29.7 Å². The van der Waals surface area contributed by atoms with E-state index in [9.17, 15) is 4.79 Å². The number of nitrogens with zero attached hydrogens (tertiary/aromatic N) is 2. The molecule has 2 N–H and O–H groups in total. The van der Waals surface area contributed by atoms with Crippen LogP contribution in [0, 0.1) is 6.92 Å². The summed E-state index contributed by atoms with van der Waals surface area (Å²) in [5.41, 5.74) is 2.17. The highest BCUT2D eigenvalue weighted by Gasteiger charge is 2.00. The van der Waals surface area contributed by atoms with Crippen molar-refractivity contribution in [2.45, 2.75) is 6.92 Å². The number of carboxylic acids is 1. The Morgan fingerprint density at radius 2 is 2.40 bits per heavy atom. The first-order valence-electron chi connectivity index (χ1n) is 4.38. The number of hydrogen-bond donors (Lipinski definition) is 2. The van der Waals surface area contributed by atoms with Crippen LogP contribution in [0.3, 0.4) is 0 Å². The van der Waals surface area contributed by atoms with Crippen LogP contribution in [-0.2, 0) is 4.79 Å². The number of rotatable bonds is 2. The molecule has 0 fully saturated rings. The van der Waals surface area contributed by atoms with Crippen LogP contribution in [0.2, 0.25) is 0 Å². The van der Waals surface area contributed by atoms with Crippen molar-refractivity contribution in [2.75, 3.05) is 0 Å². The van der Waals surface area contributed by atoms with Gasteiger partial charge in [-0.25, -0.2) is 14.8 Å². The first-order valence-corrected chi connectivity index (χ1v) is 4.38. The molecule has 0 spiro atoms. The van der Waals surface area contributed by atoms with Gasteiger partial charge >= 0.3 is 5.97 Å². The lowest BCUT2D eigenvalue weighted by molar-refractivity contribution is -0.131. The van der Waals surface area contributed by atoms with Gasteiger partial charge in [0.2, 0.25) is 0 Å². The van der Waals surface area contributed by atoms with Gasteiger partial charge in [-0.15, -0.1) is 0 Å². The van der Waals surface area contributed by atoms with E-state index < -0.39 is 5.97 Å². The Balaban J connectivity index is 2.42. The maximum absolute atomic E-state index is 10.3. The van der Waals surface area contributed by atoms with E-state index in [1.807, 2.05) is 13.0 Å². The summed E-state index contributed by atoms with van der Waals surface area (Å²) < 4.78 is 0. The summed E-state index contributed by atoms with van der Waals surface area (Å²) in [6.45, 7) is 1.84. The molecule has 76 valence electrons. The van der Waals surface area contributed by atoms with Gasteiger partial charge < -0.3 is 10.1 Å². The maximum Gasteiger partial charge on any atom is 0.328 e. The quantitative estimate of drug-likeness (QED) is 0.722. The summed E-state index contributed by atoms with van der Waals surface area (Å²) in [7, 11) is 0. The van der Waals surface area contributed by atoms with Crippen LogP contribution < -0.4 is 0 Å². The molecule has 0 bridgehead atoms. The third kappa shape index (κ3) is 2.01. The van der Waals surface area contributed by atoms with Crippen LogP contribution in [0.4, 0.5) is 0 Å². The summed E-state index contributed by atoms with van der Waals surface area (Å²) in [5.74, 6) is -0.187. The summed E-state index contributed by atoms with van der Waals surface area (Å²) in [6, 6.07) is 1.81. The Kier molecular flexibility index (Phi) is 2.21. The number of carbonyl (C=O) groups is 1. The number of hydrogen-bond acceptors (Lipinski definition) is 3. The van der Waals surface area contributed by atoms with Crippen molar-refractivity contribution in [3.63, 3.8) is 0 Å². The van der Waals surface area contributed by atoms with Crippen LogP contribution in [0.1, 0.15) is 11.4 Å². The van der Waals surface area contributed by atoms with E-state index in [0.717, 1.165) is 23.0 Å². The molecule has 15 heavy (non-hydrogen) atoms. The van der Waals surface area contributed by atoms with E-state index >= 15 is 0 Å².